The molecule has 0 unspecified atom stereocenters. The summed E-state index contributed by atoms with van der Waals surface area (Å²) in [6.45, 7) is 7.80. The predicted octanol–water partition coefficient (Wildman–Crippen LogP) is 3.36. The number of allylic oxidation sites excluding steroid dienone is 1. The number of esters is 1. The molecule has 1 amide bonds. The van der Waals surface area contributed by atoms with Crippen molar-refractivity contribution in [1.29, 1.82) is 0 Å². The van der Waals surface area contributed by atoms with E-state index in [1.807, 2.05) is 30.1 Å². The van der Waals surface area contributed by atoms with Gasteiger partial charge in [0.2, 0.25) is 0 Å². The van der Waals surface area contributed by atoms with Gasteiger partial charge in [-0.05, 0) is 36.8 Å². The summed E-state index contributed by atoms with van der Waals surface area (Å²) in [6, 6.07) is 12.6. The molecule has 0 atom stereocenters. The molecule has 9 heteroatoms. The molecule has 0 bridgehead atoms. The number of amides is 1. The lowest BCUT2D eigenvalue weighted by molar-refractivity contribution is -0.137. The molecule has 9 nitrogen and oxygen atoms in total. The molecule has 38 heavy (non-hydrogen) atoms. The number of fused-ring (bicyclic) bond motifs is 1. The highest BCUT2D eigenvalue weighted by molar-refractivity contribution is 5.97. The van der Waals surface area contributed by atoms with Crippen LogP contribution in [0.1, 0.15) is 36.7 Å². The summed E-state index contributed by atoms with van der Waals surface area (Å²) in [5.41, 5.74) is 2.89. The molecule has 0 saturated carbocycles. The first-order valence-electron chi connectivity index (χ1n) is 12.7. The third-order valence-corrected chi connectivity index (χ3v) is 6.78. The van der Waals surface area contributed by atoms with Crippen molar-refractivity contribution < 1.29 is 33.3 Å². The van der Waals surface area contributed by atoms with Gasteiger partial charge >= 0.3 is 5.97 Å². The second kappa shape index (κ2) is 11.7. The number of benzene rings is 2. The van der Waals surface area contributed by atoms with Crippen molar-refractivity contribution in [1.82, 2.24) is 4.90 Å². The lowest BCUT2D eigenvalue weighted by Gasteiger charge is -2.26. The number of likely N-dealkylation sites (N-methyl/N-ethyl adjacent to an activating group) is 1. The summed E-state index contributed by atoms with van der Waals surface area (Å²) in [5.74, 6) is -0.455. The highest BCUT2D eigenvalue weighted by Gasteiger charge is 2.38. The molecule has 0 radical (unpaired) electrons. The molecule has 2 heterocycles. The summed E-state index contributed by atoms with van der Waals surface area (Å²) >= 11 is 0. The van der Waals surface area contributed by atoms with Crippen molar-refractivity contribution >= 4 is 23.3 Å². The average molecular weight is 523 g/mol. The molecule has 0 aliphatic carbocycles. The van der Waals surface area contributed by atoms with Crippen LogP contribution < -0.4 is 14.4 Å². The standard InChI is InChI=1S/C29H34N2O7/c1-5-36-25-16-20(10-11-24(25)37-19-27(33)31-12-14-35-15-13-31)28(34)38-18-21(32)17-26-29(2,3)22-8-6-7-9-23(22)30(26)4/h6-11,16-17H,5,12-15,18-19H2,1-4H3. The Hall–Kier alpha value is -3.85. The van der Waals surface area contributed by atoms with Crippen LogP contribution in [0.2, 0.25) is 0 Å². The van der Waals surface area contributed by atoms with Gasteiger partial charge in [0.1, 0.15) is 0 Å². The van der Waals surface area contributed by atoms with Gasteiger partial charge in [0.25, 0.3) is 5.91 Å². The Morgan fingerprint density at radius 2 is 1.74 bits per heavy atom. The predicted molar refractivity (Wildman–Crippen MR) is 142 cm³/mol. The van der Waals surface area contributed by atoms with E-state index in [0.29, 0.717) is 44.4 Å². The second-order valence-corrected chi connectivity index (χ2v) is 9.65. The summed E-state index contributed by atoms with van der Waals surface area (Å²) in [5, 5.41) is 0. The number of nitrogens with zero attached hydrogens (tertiary/aromatic N) is 2. The summed E-state index contributed by atoms with van der Waals surface area (Å²) in [7, 11) is 1.92. The zero-order valence-corrected chi connectivity index (χ0v) is 22.3. The van der Waals surface area contributed by atoms with Crippen molar-refractivity contribution in [3.05, 3.63) is 65.4 Å². The van der Waals surface area contributed by atoms with Gasteiger partial charge in [-0.1, -0.05) is 32.0 Å². The molecule has 1 saturated heterocycles. The minimum Gasteiger partial charge on any atom is -0.490 e. The van der Waals surface area contributed by atoms with Gasteiger partial charge in [-0.15, -0.1) is 0 Å². The zero-order valence-electron chi connectivity index (χ0n) is 22.3. The van der Waals surface area contributed by atoms with Crippen molar-refractivity contribution in [2.24, 2.45) is 0 Å². The Labute approximate surface area is 222 Å². The van der Waals surface area contributed by atoms with Gasteiger partial charge in [0.05, 0.1) is 25.4 Å². The Morgan fingerprint density at radius 1 is 1.00 bits per heavy atom. The van der Waals surface area contributed by atoms with Crippen LogP contribution in [0, 0.1) is 0 Å². The van der Waals surface area contributed by atoms with E-state index < -0.39 is 12.6 Å². The monoisotopic (exact) mass is 522 g/mol. The van der Waals surface area contributed by atoms with Crippen molar-refractivity contribution in [2.45, 2.75) is 26.2 Å². The van der Waals surface area contributed by atoms with Gasteiger partial charge in [0, 0.05) is 43.0 Å². The number of anilines is 1. The zero-order chi connectivity index (χ0) is 27.3. The van der Waals surface area contributed by atoms with Crippen LogP contribution in [-0.4, -0.2) is 75.7 Å². The fraction of sp³-hybridized carbons (Fsp3) is 0.414. The number of ether oxygens (including phenoxy) is 4. The summed E-state index contributed by atoms with van der Waals surface area (Å²) in [4.78, 5) is 41.6. The lowest BCUT2D eigenvalue weighted by Crippen LogP contribution is -2.43. The molecule has 0 aromatic heterocycles. The topological polar surface area (TPSA) is 94.6 Å². The SMILES string of the molecule is CCOc1cc(C(=O)OCC(=O)C=C2N(C)c3ccccc3C2(C)C)ccc1OCC(=O)N1CCOCC1. The molecule has 202 valence electrons. The third-order valence-electron chi connectivity index (χ3n) is 6.78. The maximum absolute atomic E-state index is 12.8. The van der Waals surface area contributed by atoms with Gasteiger partial charge in [-0.25, -0.2) is 4.79 Å². The largest absolute Gasteiger partial charge is 0.490 e. The quantitative estimate of drug-likeness (QED) is 0.366. The number of carbonyl (C=O) groups is 3. The summed E-state index contributed by atoms with van der Waals surface area (Å²) < 4.78 is 21.9. The van der Waals surface area contributed by atoms with Crippen LogP contribution in [0.4, 0.5) is 5.69 Å². The first-order chi connectivity index (χ1) is 18.2. The average Bonchev–Trinajstić information content (AvgIpc) is 3.12. The molecule has 0 spiro atoms. The molecule has 1 fully saturated rings. The molecule has 2 aromatic carbocycles. The Bertz CT molecular complexity index is 1230. The number of hydrogen-bond acceptors (Lipinski definition) is 8. The molecule has 4 rings (SSSR count). The minimum absolute atomic E-state index is 0.147. The maximum Gasteiger partial charge on any atom is 0.338 e. The van der Waals surface area contributed by atoms with Crippen molar-refractivity contribution in [3.63, 3.8) is 0 Å². The van der Waals surface area contributed by atoms with Crippen LogP contribution >= 0.6 is 0 Å². The van der Waals surface area contributed by atoms with E-state index >= 15 is 0 Å². The van der Waals surface area contributed by atoms with Crippen LogP contribution in [0.5, 0.6) is 11.5 Å². The van der Waals surface area contributed by atoms with E-state index in [2.05, 4.69) is 19.9 Å². The Balaban J connectivity index is 1.38. The molecule has 0 N–H and O–H groups in total. The van der Waals surface area contributed by atoms with Crippen LogP contribution in [0.3, 0.4) is 0 Å². The first kappa shape index (κ1) is 27.2. The lowest BCUT2D eigenvalue weighted by atomic mass is 9.83. The Morgan fingerprint density at radius 3 is 2.45 bits per heavy atom. The smallest absolute Gasteiger partial charge is 0.338 e. The fourth-order valence-electron chi connectivity index (χ4n) is 4.74. The third kappa shape index (κ3) is 5.83. The van der Waals surface area contributed by atoms with Crippen molar-refractivity contribution in [2.75, 3.05) is 58.1 Å². The molecular formula is C29H34N2O7. The number of para-hydroxylation sites is 1. The first-order valence-corrected chi connectivity index (χ1v) is 12.7. The summed E-state index contributed by atoms with van der Waals surface area (Å²) in [6.07, 6.45) is 1.54. The van der Waals surface area contributed by atoms with E-state index in [9.17, 15) is 14.4 Å². The van der Waals surface area contributed by atoms with E-state index in [1.165, 1.54) is 12.1 Å². The van der Waals surface area contributed by atoms with Gasteiger partial charge in [0.15, 0.2) is 30.5 Å². The molecule has 2 aliphatic heterocycles. The number of hydrogen-bond donors (Lipinski definition) is 0. The van der Waals surface area contributed by atoms with Gasteiger partial charge in [-0.3, -0.25) is 9.59 Å². The number of carbonyl (C=O) groups excluding carboxylic acids is 3. The van der Waals surface area contributed by atoms with Gasteiger partial charge < -0.3 is 28.7 Å². The van der Waals surface area contributed by atoms with Crippen molar-refractivity contribution in [3.8, 4) is 11.5 Å². The number of morpholine rings is 1. The van der Waals surface area contributed by atoms with E-state index in [0.717, 1.165) is 16.9 Å². The number of ketones is 1. The highest BCUT2D eigenvalue weighted by atomic mass is 16.5. The number of rotatable bonds is 9. The van der Waals surface area contributed by atoms with Crippen LogP contribution in [0.25, 0.3) is 0 Å². The van der Waals surface area contributed by atoms with Crippen LogP contribution in [0.15, 0.2) is 54.2 Å². The van der Waals surface area contributed by atoms with Gasteiger partial charge in [-0.2, -0.15) is 0 Å². The van der Waals surface area contributed by atoms with Crippen LogP contribution in [-0.2, 0) is 24.5 Å². The molecule has 2 aliphatic rings. The minimum atomic E-state index is -0.657. The molecule has 2 aromatic rings. The maximum atomic E-state index is 12.8. The van der Waals surface area contributed by atoms with E-state index in [-0.39, 0.29) is 29.3 Å². The normalized spacial score (nSPS) is 17.2. The van der Waals surface area contributed by atoms with E-state index in [1.54, 1.807) is 24.0 Å². The highest BCUT2D eigenvalue weighted by Crippen LogP contribution is 2.46. The van der Waals surface area contributed by atoms with E-state index in [4.69, 9.17) is 18.9 Å². The Kier molecular flexibility index (Phi) is 8.36. The molecular weight excluding hydrogens is 488 g/mol. The fourth-order valence-corrected chi connectivity index (χ4v) is 4.74. The second-order valence-electron chi connectivity index (χ2n) is 9.65.